The molecule has 4 rings (SSSR count). The number of Topliss-reactive ketones (excluding diaryl/α,β-unsaturated/α-hetero) is 1. The third kappa shape index (κ3) is 2.72. The molecule has 0 fully saturated rings. The van der Waals surface area contributed by atoms with Crippen LogP contribution in [-0.4, -0.2) is 25.7 Å². The van der Waals surface area contributed by atoms with Gasteiger partial charge in [-0.1, -0.05) is 12.1 Å². The van der Waals surface area contributed by atoms with Gasteiger partial charge >= 0.3 is 12.1 Å². The van der Waals surface area contributed by atoms with E-state index in [1.54, 1.807) is 6.07 Å². The number of ether oxygens (including phenoxy) is 3. The van der Waals surface area contributed by atoms with Gasteiger partial charge in [-0.2, -0.15) is 13.2 Å². The van der Waals surface area contributed by atoms with Gasteiger partial charge in [0.25, 0.3) is 0 Å². The summed E-state index contributed by atoms with van der Waals surface area (Å²) in [5.74, 6) is -2.34. The first kappa shape index (κ1) is 17.4. The second-order valence-electron chi connectivity index (χ2n) is 6.26. The molecular formula is C19H13F3O5. The lowest BCUT2D eigenvalue weighted by atomic mass is 9.85. The molecule has 8 heteroatoms. The van der Waals surface area contributed by atoms with Crippen molar-refractivity contribution in [3.8, 4) is 11.5 Å². The molecule has 5 nitrogen and oxygen atoms in total. The Bertz CT molecular complexity index is 934. The van der Waals surface area contributed by atoms with Crippen molar-refractivity contribution in [2.75, 3.05) is 13.9 Å². The smallest absolute Gasteiger partial charge is 0.416 e. The summed E-state index contributed by atoms with van der Waals surface area (Å²) in [6.45, 7) is 0.0117. The summed E-state index contributed by atoms with van der Waals surface area (Å²) in [7, 11) is 1.16. The van der Waals surface area contributed by atoms with Crippen LogP contribution in [0.15, 0.2) is 36.4 Å². The Labute approximate surface area is 151 Å². The topological polar surface area (TPSA) is 61.8 Å². The summed E-state index contributed by atoms with van der Waals surface area (Å²) >= 11 is 0. The van der Waals surface area contributed by atoms with Crippen molar-refractivity contribution in [3.05, 3.63) is 58.7 Å². The van der Waals surface area contributed by atoms with Crippen molar-refractivity contribution < 1.29 is 37.0 Å². The molecular weight excluding hydrogens is 365 g/mol. The summed E-state index contributed by atoms with van der Waals surface area (Å²) in [6.07, 6.45) is -4.48. The van der Waals surface area contributed by atoms with E-state index in [4.69, 9.17) is 14.2 Å². The summed E-state index contributed by atoms with van der Waals surface area (Å²) in [5, 5.41) is 0. The van der Waals surface area contributed by atoms with Gasteiger partial charge in [-0.15, -0.1) is 0 Å². The quantitative estimate of drug-likeness (QED) is 0.591. The Morgan fingerprint density at radius 2 is 1.74 bits per heavy atom. The van der Waals surface area contributed by atoms with Crippen molar-refractivity contribution in [2.45, 2.75) is 12.1 Å². The Morgan fingerprint density at radius 1 is 1.11 bits per heavy atom. The molecule has 0 N–H and O–H groups in total. The van der Waals surface area contributed by atoms with Gasteiger partial charge in [0.2, 0.25) is 6.79 Å². The standard InChI is InChI=1S/C19H13F3O5/c1-25-18(24)16-15(9-2-4-10(5-3-9)19(20,21)22)11-6-13-14(27-8-26-13)7-12(11)17(16)23/h2-7,15-16H,8H2,1H3/t15-,16+/m1/s1. The zero-order valence-electron chi connectivity index (χ0n) is 14.0. The normalized spacial score (nSPS) is 20.5. The average molecular weight is 378 g/mol. The molecule has 0 amide bonds. The number of carbonyl (C=O) groups is 2. The predicted octanol–water partition coefficient (Wildman–Crippen LogP) is 3.55. The Hall–Kier alpha value is -3.03. The Kier molecular flexibility index (Phi) is 3.87. The van der Waals surface area contributed by atoms with Gasteiger partial charge in [-0.3, -0.25) is 9.59 Å². The number of esters is 1. The minimum Gasteiger partial charge on any atom is -0.468 e. The highest BCUT2D eigenvalue weighted by molar-refractivity contribution is 6.14. The Morgan fingerprint density at radius 3 is 2.33 bits per heavy atom. The molecule has 0 spiro atoms. The van der Waals surface area contributed by atoms with E-state index >= 15 is 0 Å². The molecule has 1 aliphatic carbocycles. The maximum absolute atomic E-state index is 12.8. The molecule has 2 aromatic rings. The predicted molar refractivity (Wildman–Crippen MR) is 85.7 cm³/mol. The molecule has 0 unspecified atom stereocenters. The van der Waals surface area contributed by atoms with E-state index < -0.39 is 35.3 Å². The highest BCUT2D eigenvalue weighted by atomic mass is 19.4. The molecule has 1 aliphatic heterocycles. The van der Waals surface area contributed by atoms with E-state index in [9.17, 15) is 22.8 Å². The van der Waals surface area contributed by atoms with E-state index in [0.29, 0.717) is 22.6 Å². The van der Waals surface area contributed by atoms with Crippen LogP contribution < -0.4 is 9.47 Å². The minimum atomic E-state index is -4.48. The summed E-state index contributed by atoms with van der Waals surface area (Å²) < 4.78 is 53.9. The zero-order valence-corrected chi connectivity index (χ0v) is 14.0. The van der Waals surface area contributed by atoms with Crippen LogP contribution in [0.5, 0.6) is 11.5 Å². The first-order chi connectivity index (χ1) is 12.8. The maximum Gasteiger partial charge on any atom is 0.416 e. The number of rotatable bonds is 2. The van der Waals surface area contributed by atoms with E-state index in [1.807, 2.05) is 0 Å². The lowest BCUT2D eigenvalue weighted by Crippen LogP contribution is -2.26. The van der Waals surface area contributed by atoms with E-state index in [2.05, 4.69) is 0 Å². The molecule has 0 radical (unpaired) electrons. The van der Waals surface area contributed by atoms with Gasteiger partial charge in [-0.05, 0) is 35.4 Å². The average Bonchev–Trinajstić information content (AvgIpc) is 3.21. The van der Waals surface area contributed by atoms with Crippen LogP contribution in [0, 0.1) is 5.92 Å². The highest BCUT2D eigenvalue weighted by Crippen LogP contribution is 2.48. The van der Waals surface area contributed by atoms with E-state index in [1.165, 1.54) is 18.2 Å². The van der Waals surface area contributed by atoms with Gasteiger partial charge in [-0.25, -0.2) is 0 Å². The fraction of sp³-hybridized carbons (Fsp3) is 0.263. The molecule has 0 aromatic heterocycles. The third-order valence-electron chi connectivity index (χ3n) is 4.81. The van der Waals surface area contributed by atoms with Crippen LogP contribution >= 0.6 is 0 Å². The van der Waals surface area contributed by atoms with Crippen LogP contribution in [0.25, 0.3) is 0 Å². The molecule has 27 heavy (non-hydrogen) atoms. The largest absolute Gasteiger partial charge is 0.468 e. The Balaban J connectivity index is 1.84. The molecule has 2 aromatic carbocycles. The fourth-order valence-corrected chi connectivity index (χ4v) is 3.55. The van der Waals surface area contributed by atoms with Crippen molar-refractivity contribution in [3.63, 3.8) is 0 Å². The molecule has 2 aliphatic rings. The number of fused-ring (bicyclic) bond motifs is 2. The zero-order chi connectivity index (χ0) is 19.3. The molecule has 1 heterocycles. The second-order valence-corrected chi connectivity index (χ2v) is 6.26. The first-order valence-corrected chi connectivity index (χ1v) is 8.04. The van der Waals surface area contributed by atoms with Gasteiger partial charge in [0.05, 0.1) is 12.7 Å². The van der Waals surface area contributed by atoms with Gasteiger partial charge in [0.1, 0.15) is 5.92 Å². The fourth-order valence-electron chi connectivity index (χ4n) is 3.55. The van der Waals surface area contributed by atoms with Gasteiger partial charge in [0, 0.05) is 11.5 Å². The van der Waals surface area contributed by atoms with Crippen LogP contribution in [0.4, 0.5) is 13.2 Å². The molecule has 140 valence electrons. The number of ketones is 1. The van der Waals surface area contributed by atoms with Gasteiger partial charge < -0.3 is 14.2 Å². The van der Waals surface area contributed by atoms with E-state index in [0.717, 1.165) is 19.2 Å². The lowest BCUT2D eigenvalue weighted by Gasteiger charge is -2.19. The number of hydrogen-bond acceptors (Lipinski definition) is 5. The third-order valence-corrected chi connectivity index (χ3v) is 4.81. The number of carbonyl (C=O) groups excluding carboxylic acids is 2. The molecule has 0 saturated carbocycles. The monoisotopic (exact) mass is 378 g/mol. The first-order valence-electron chi connectivity index (χ1n) is 8.04. The van der Waals surface area contributed by atoms with E-state index in [-0.39, 0.29) is 12.4 Å². The van der Waals surface area contributed by atoms with Crippen LogP contribution in [0.3, 0.4) is 0 Å². The van der Waals surface area contributed by atoms with Crippen LogP contribution in [-0.2, 0) is 15.7 Å². The SMILES string of the molecule is COC(=O)[C@@H]1C(=O)c2cc3c(cc2[C@H]1c1ccc(C(F)(F)F)cc1)OCO3. The number of benzene rings is 2. The maximum atomic E-state index is 12.8. The van der Waals surface area contributed by atoms with Crippen molar-refractivity contribution in [1.82, 2.24) is 0 Å². The number of methoxy groups -OCH3 is 1. The van der Waals surface area contributed by atoms with Crippen molar-refractivity contribution in [1.29, 1.82) is 0 Å². The summed E-state index contributed by atoms with van der Waals surface area (Å²) in [4.78, 5) is 25.1. The summed E-state index contributed by atoms with van der Waals surface area (Å²) in [6, 6.07) is 7.51. The minimum absolute atomic E-state index is 0.0117. The highest BCUT2D eigenvalue weighted by Gasteiger charge is 2.47. The van der Waals surface area contributed by atoms with Gasteiger partial charge in [0.15, 0.2) is 17.3 Å². The number of hydrogen-bond donors (Lipinski definition) is 0. The summed E-state index contributed by atoms with van der Waals surface area (Å²) in [5.41, 5.74) is 0.374. The molecule has 0 bridgehead atoms. The second kappa shape index (κ2) is 6.00. The molecule has 0 saturated heterocycles. The number of halogens is 3. The number of alkyl halides is 3. The van der Waals surface area contributed by atoms with Crippen LogP contribution in [0.2, 0.25) is 0 Å². The van der Waals surface area contributed by atoms with Crippen molar-refractivity contribution >= 4 is 11.8 Å². The van der Waals surface area contributed by atoms with Crippen molar-refractivity contribution in [2.24, 2.45) is 5.92 Å². The molecule has 2 atom stereocenters. The lowest BCUT2D eigenvalue weighted by molar-refractivity contribution is -0.144. The van der Waals surface area contributed by atoms with Crippen LogP contribution in [0.1, 0.15) is 33.0 Å².